The fourth-order valence-electron chi connectivity index (χ4n) is 1.30. The molecule has 0 saturated heterocycles. The molecule has 1 aromatic carbocycles. The minimum absolute atomic E-state index is 0.394. The zero-order valence-electron chi connectivity index (χ0n) is 7.72. The lowest BCUT2D eigenvalue weighted by Gasteiger charge is -2.03. The van der Waals surface area contributed by atoms with Gasteiger partial charge in [0, 0.05) is 17.3 Å². The minimum Gasteiger partial charge on any atom is -0.298 e. The zero-order chi connectivity index (χ0) is 10.7. The van der Waals surface area contributed by atoms with E-state index >= 15 is 0 Å². The van der Waals surface area contributed by atoms with Crippen molar-refractivity contribution in [1.82, 2.24) is 9.97 Å². The molecule has 0 atom stereocenters. The van der Waals surface area contributed by atoms with Crippen molar-refractivity contribution in [3.8, 4) is 11.3 Å². The molecule has 0 bridgehead atoms. The highest BCUT2D eigenvalue weighted by atomic mass is 19.1. The summed E-state index contributed by atoms with van der Waals surface area (Å²) in [6.07, 6.45) is 3.58. The van der Waals surface area contributed by atoms with E-state index in [2.05, 4.69) is 9.97 Å². The van der Waals surface area contributed by atoms with Gasteiger partial charge in [-0.3, -0.25) is 4.79 Å². The molecule has 4 heteroatoms. The second-order valence-corrected chi connectivity index (χ2v) is 2.94. The molecule has 0 aliphatic rings. The number of nitrogens with zero attached hydrogens (tertiary/aromatic N) is 2. The molecule has 0 aliphatic carbocycles. The monoisotopic (exact) mass is 202 g/mol. The quantitative estimate of drug-likeness (QED) is 0.700. The topological polar surface area (TPSA) is 42.9 Å². The van der Waals surface area contributed by atoms with Crippen LogP contribution in [0.25, 0.3) is 11.3 Å². The summed E-state index contributed by atoms with van der Waals surface area (Å²) in [7, 11) is 0. The smallest absolute Gasteiger partial charge is 0.150 e. The Balaban J connectivity index is 2.61. The first kappa shape index (κ1) is 9.45. The molecule has 0 fully saturated rings. The Bertz CT molecular complexity index is 485. The maximum Gasteiger partial charge on any atom is 0.150 e. The standard InChI is InChI=1S/C11H7FN2O/c12-9-2-1-8(6-15)10(5-9)11-3-4-13-7-14-11/h1-7H. The summed E-state index contributed by atoms with van der Waals surface area (Å²) in [5.41, 5.74) is 1.43. The van der Waals surface area contributed by atoms with Gasteiger partial charge in [-0.05, 0) is 24.3 Å². The molecule has 2 rings (SSSR count). The van der Waals surface area contributed by atoms with Crippen LogP contribution in [0.3, 0.4) is 0 Å². The molecule has 0 spiro atoms. The highest BCUT2D eigenvalue weighted by Gasteiger charge is 2.06. The molecule has 0 radical (unpaired) electrons. The Labute approximate surface area is 85.6 Å². The third kappa shape index (κ3) is 1.88. The second kappa shape index (κ2) is 3.96. The Morgan fingerprint density at radius 1 is 1.27 bits per heavy atom. The molecule has 0 saturated carbocycles. The number of aromatic nitrogens is 2. The van der Waals surface area contributed by atoms with E-state index in [0.717, 1.165) is 0 Å². The van der Waals surface area contributed by atoms with Crippen molar-refractivity contribution in [1.29, 1.82) is 0 Å². The Hall–Kier alpha value is -2.10. The number of halogens is 1. The van der Waals surface area contributed by atoms with Gasteiger partial charge < -0.3 is 0 Å². The summed E-state index contributed by atoms with van der Waals surface area (Å²) >= 11 is 0. The van der Waals surface area contributed by atoms with Crippen molar-refractivity contribution in [2.75, 3.05) is 0 Å². The van der Waals surface area contributed by atoms with Crippen LogP contribution in [-0.4, -0.2) is 16.3 Å². The Morgan fingerprint density at radius 2 is 2.13 bits per heavy atom. The normalized spacial score (nSPS) is 9.93. The zero-order valence-corrected chi connectivity index (χ0v) is 7.72. The van der Waals surface area contributed by atoms with Crippen LogP contribution in [0.1, 0.15) is 10.4 Å². The van der Waals surface area contributed by atoms with Gasteiger partial charge in [-0.1, -0.05) is 0 Å². The number of carbonyl (C=O) groups excluding carboxylic acids is 1. The fraction of sp³-hybridized carbons (Fsp3) is 0. The van der Waals surface area contributed by atoms with Crippen molar-refractivity contribution >= 4 is 6.29 Å². The molecule has 15 heavy (non-hydrogen) atoms. The molecule has 0 unspecified atom stereocenters. The summed E-state index contributed by atoms with van der Waals surface area (Å²) in [4.78, 5) is 18.5. The molecular formula is C11H7FN2O. The highest BCUT2D eigenvalue weighted by molar-refractivity contribution is 5.86. The summed E-state index contributed by atoms with van der Waals surface area (Å²) in [5, 5.41) is 0. The first-order valence-corrected chi connectivity index (χ1v) is 4.32. The van der Waals surface area contributed by atoms with E-state index in [4.69, 9.17) is 0 Å². The average molecular weight is 202 g/mol. The maximum atomic E-state index is 13.0. The van der Waals surface area contributed by atoms with Crippen molar-refractivity contribution in [3.05, 3.63) is 48.2 Å². The summed E-state index contributed by atoms with van der Waals surface area (Å²) in [6.45, 7) is 0. The fourth-order valence-corrected chi connectivity index (χ4v) is 1.30. The first-order valence-electron chi connectivity index (χ1n) is 4.32. The third-order valence-corrected chi connectivity index (χ3v) is 2.00. The van der Waals surface area contributed by atoms with Gasteiger partial charge in [-0.15, -0.1) is 0 Å². The van der Waals surface area contributed by atoms with Crippen LogP contribution in [-0.2, 0) is 0 Å². The Kier molecular flexibility index (Phi) is 2.49. The minimum atomic E-state index is -0.394. The predicted molar refractivity (Wildman–Crippen MR) is 52.8 cm³/mol. The molecule has 74 valence electrons. The van der Waals surface area contributed by atoms with E-state index in [1.165, 1.54) is 24.5 Å². The third-order valence-electron chi connectivity index (χ3n) is 2.00. The van der Waals surface area contributed by atoms with E-state index in [0.29, 0.717) is 23.1 Å². The lowest BCUT2D eigenvalue weighted by molar-refractivity contribution is 0.112. The van der Waals surface area contributed by atoms with Crippen molar-refractivity contribution in [2.24, 2.45) is 0 Å². The van der Waals surface area contributed by atoms with Gasteiger partial charge in [0.05, 0.1) is 5.69 Å². The number of hydrogen-bond donors (Lipinski definition) is 0. The summed E-state index contributed by atoms with van der Waals surface area (Å²) in [5.74, 6) is -0.394. The van der Waals surface area contributed by atoms with Crippen LogP contribution in [0, 0.1) is 5.82 Å². The van der Waals surface area contributed by atoms with Gasteiger partial charge in [0.2, 0.25) is 0 Å². The van der Waals surface area contributed by atoms with Crippen molar-refractivity contribution in [3.63, 3.8) is 0 Å². The van der Waals surface area contributed by atoms with Crippen LogP contribution in [0.5, 0.6) is 0 Å². The van der Waals surface area contributed by atoms with Gasteiger partial charge in [0.25, 0.3) is 0 Å². The largest absolute Gasteiger partial charge is 0.298 e. The van der Waals surface area contributed by atoms with Crippen LogP contribution < -0.4 is 0 Å². The summed E-state index contributed by atoms with van der Waals surface area (Å²) in [6, 6.07) is 5.59. The molecule has 0 amide bonds. The second-order valence-electron chi connectivity index (χ2n) is 2.94. The van der Waals surface area contributed by atoms with Crippen LogP contribution in [0.4, 0.5) is 4.39 Å². The number of hydrogen-bond acceptors (Lipinski definition) is 3. The average Bonchev–Trinajstić information content (AvgIpc) is 2.30. The molecular weight excluding hydrogens is 195 g/mol. The molecule has 0 N–H and O–H groups in total. The van der Waals surface area contributed by atoms with E-state index in [9.17, 15) is 9.18 Å². The van der Waals surface area contributed by atoms with E-state index in [-0.39, 0.29) is 0 Å². The SMILES string of the molecule is O=Cc1ccc(F)cc1-c1ccncn1. The number of benzene rings is 1. The highest BCUT2D eigenvalue weighted by Crippen LogP contribution is 2.20. The molecule has 0 aliphatic heterocycles. The lowest BCUT2D eigenvalue weighted by Crippen LogP contribution is -1.91. The lowest BCUT2D eigenvalue weighted by atomic mass is 10.1. The first-order chi connectivity index (χ1) is 7.31. The van der Waals surface area contributed by atoms with E-state index in [1.807, 2.05) is 0 Å². The van der Waals surface area contributed by atoms with Crippen LogP contribution in [0.2, 0.25) is 0 Å². The van der Waals surface area contributed by atoms with Crippen LogP contribution in [0.15, 0.2) is 36.8 Å². The van der Waals surface area contributed by atoms with Gasteiger partial charge in [-0.2, -0.15) is 0 Å². The van der Waals surface area contributed by atoms with Gasteiger partial charge in [0.15, 0.2) is 6.29 Å². The molecule has 3 nitrogen and oxygen atoms in total. The predicted octanol–water partition coefficient (Wildman–Crippen LogP) is 2.10. The molecule has 2 aromatic rings. The summed E-state index contributed by atoms with van der Waals surface area (Å²) < 4.78 is 13.0. The van der Waals surface area contributed by atoms with E-state index < -0.39 is 5.82 Å². The van der Waals surface area contributed by atoms with Gasteiger partial charge in [0.1, 0.15) is 12.1 Å². The number of rotatable bonds is 2. The number of carbonyl (C=O) groups is 1. The van der Waals surface area contributed by atoms with Gasteiger partial charge >= 0.3 is 0 Å². The number of aldehydes is 1. The maximum absolute atomic E-state index is 13.0. The molecule has 1 heterocycles. The van der Waals surface area contributed by atoms with E-state index in [1.54, 1.807) is 12.3 Å². The Morgan fingerprint density at radius 3 is 2.80 bits per heavy atom. The van der Waals surface area contributed by atoms with Crippen molar-refractivity contribution in [2.45, 2.75) is 0 Å². The molecule has 1 aromatic heterocycles. The van der Waals surface area contributed by atoms with Crippen molar-refractivity contribution < 1.29 is 9.18 Å². The van der Waals surface area contributed by atoms with Gasteiger partial charge in [-0.25, -0.2) is 14.4 Å². The van der Waals surface area contributed by atoms with Crippen LogP contribution >= 0.6 is 0 Å².